The molecular formula is C31H29ClN4O7S. The van der Waals surface area contributed by atoms with E-state index in [4.69, 9.17) is 30.2 Å². The predicted octanol–water partition coefficient (Wildman–Crippen LogP) is 4.60. The number of oxazole rings is 1. The molecule has 2 unspecified atom stereocenters. The number of nitrogens with zero attached hydrogens (tertiary/aromatic N) is 3. The lowest BCUT2D eigenvalue weighted by Crippen LogP contribution is -2.54. The van der Waals surface area contributed by atoms with Gasteiger partial charge in [-0.2, -0.15) is 0 Å². The fourth-order valence-electron chi connectivity index (χ4n) is 6.60. The number of carbonyl (C=O) groups excluding carboxylic acids is 1. The zero-order valence-corrected chi connectivity index (χ0v) is 25.5. The molecule has 0 aliphatic carbocycles. The largest absolute Gasteiger partial charge is 0.497 e. The fraction of sp³-hybridized carbons (Fsp3) is 0.290. The molecule has 4 aromatic rings. The lowest BCUT2D eigenvalue weighted by atomic mass is 9.80. The molecule has 1 amide bonds. The molecule has 13 heteroatoms. The van der Waals surface area contributed by atoms with Gasteiger partial charge in [-0.3, -0.25) is 9.69 Å². The van der Waals surface area contributed by atoms with Crippen LogP contribution in [-0.4, -0.2) is 51.7 Å². The van der Waals surface area contributed by atoms with Crippen LogP contribution in [0.2, 0.25) is 5.02 Å². The number of hydrogen-bond acceptors (Lipinski definition) is 10. The molecule has 0 spiro atoms. The number of ether oxygens (including phenoxy) is 3. The SMILES string of the molecule is CNCc1cc2c(c(C3(N4CCCC4c4ncco4)C(=O)N(S(=O)(=O)c4ccc(OC)cc4)c4ccc(Cl)cc43)c1)OCO2. The molecule has 44 heavy (non-hydrogen) atoms. The zero-order valence-electron chi connectivity index (χ0n) is 23.9. The third-order valence-corrected chi connectivity index (χ3v) is 10.3. The first-order valence-electron chi connectivity index (χ1n) is 14.1. The molecule has 1 N–H and O–H groups in total. The van der Waals surface area contributed by atoms with Gasteiger partial charge in [0.15, 0.2) is 17.0 Å². The molecule has 3 aliphatic rings. The van der Waals surface area contributed by atoms with Crippen LogP contribution >= 0.6 is 11.6 Å². The van der Waals surface area contributed by atoms with Crippen LogP contribution in [0.15, 0.2) is 76.4 Å². The number of carbonyl (C=O) groups is 1. The average Bonchev–Trinajstić information content (AvgIpc) is 3.83. The lowest BCUT2D eigenvalue weighted by molar-refractivity contribution is -0.127. The Hall–Kier alpha value is -4.10. The van der Waals surface area contributed by atoms with Gasteiger partial charge in [-0.15, -0.1) is 0 Å². The summed E-state index contributed by atoms with van der Waals surface area (Å²) in [5.74, 6) is 1.05. The van der Waals surface area contributed by atoms with Gasteiger partial charge in [-0.05, 0) is 80.1 Å². The van der Waals surface area contributed by atoms with E-state index in [0.717, 1.165) is 9.87 Å². The summed E-state index contributed by atoms with van der Waals surface area (Å²) in [5.41, 5.74) is 0.185. The maximum atomic E-state index is 15.4. The summed E-state index contributed by atoms with van der Waals surface area (Å²) in [6.07, 6.45) is 4.39. The molecule has 4 heterocycles. The minimum absolute atomic E-state index is 0.0466. The van der Waals surface area contributed by atoms with E-state index >= 15 is 4.79 Å². The molecule has 0 saturated carbocycles. The van der Waals surface area contributed by atoms with Gasteiger partial charge in [0, 0.05) is 29.2 Å². The normalized spacial score (nSPS) is 21.2. The molecule has 11 nitrogen and oxygen atoms in total. The highest BCUT2D eigenvalue weighted by atomic mass is 35.5. The Bertz CT molecular complexity index is 1850. The Morgan fingerprint density at radius 1 is 1.11 bits per heavy atom. The van der Waals surface area contributed by atoms with E-state index in [1.807, 2.05) is 24.1 Å². The number of fused-ring (bicyclic) bond motifs is 2. The first-order chi connectivity index (χ1) is 21.3. The molecule has 228 valence electrons. The number of anilines is 1. The van der Waals surface area contributed by atoms with Crippen LogP contribution in [0, 0.1) is 0 Å². The lowest BCUT2D eigenvalue weighted by Gasteiger charge is -2.41. The van der Waals surface area contributed by atoms with Gasteiger partial charge in [0.25, 0.3) is 15.9 Å². The van der Waals surface area contributed by atoms with Crippen LogP contribution in [0.25, 0.3) is 0 Å². The Kier molecular flexibility index (Phi) is 7.04. The summed E-state index contributed by atoms with van der Waals surface area (Å²) in [5, 5.41) is 3.50. The molecule has 3 aromatic carbocycles. The van der Waals surface area contributed by atoms with Crippen LogP contribution in [-0.2, 0) is 26.9 Å². The van der Waals surface area contributed by atoms with Crippen molar-refractivity contribution in [1.82, 2.24) is 15.2 Å². The van der Waals surface area contributed by atoms with E-state index in [-0.39, 0.29) is 17.4 Å². The summed E-state index contributed by atoms with van der Waals surface area (Å²) in [6, 6.07) is 14.0. The monoisotopic (exact) mass is 636 g/mol. The van der Waals surface area contributed by atoms with Gasteiger partial charge in [0.1, 0.15) is 12.0 Å². The van der Waals surface area contributed by atoms with Crippen molar-refractivity contribution >= 4 is 33.2 Å². The topological polar surface area (TPSA) is 123 Å². The molecule has 3 aliphatic heterocycles. The first-order valence-corrected chi connectivity index (χ1v) is 15.9. The highest BCUT2D eigenvalue weighted by molar-refractivity contribution is 7.93. The van der Waals surface area contributed by atoms with Gasteiger partial charge in [-0.25, -0.2) is 17.7 Å². The highest BCUT2D eigenvalue weighted by Crippen LogP contribution is 2.58. The molecule has 2 atom stereocenters. The van der Waals surface area contributed by atoms with E-state index in [0.29, 0.717) is 65.2 Å². The first kappa shape index (κ1) is 28.7. The summed E-state index contributed by atoms with van der Waals surface area (Å²) in [6.45, 7) is 0.857. The summed E-state index contributed by atoms with van der Waals surface area (Å²) in [4.78, 5) is 21.7. The number of aromatic nitrogens is 1. The standard InChI is InChI=1S/C31H29ClN4O7S/c1-33-17-19-14-24(28-27(15-19)42-18-43-28)31(35-12-3-4-26(35)29-34-11-13-41-29)23-16-20(32)5-10-25(23)36(30(31)37)44(38,39)22-8-6-21(40-2)7-9-22/h5-11,13-16,26,33H,3-4,12,17-18H2,1-2H3. The Labute approximate surface area is 259 Å². The molecule has 1 aromatic heterocycles. The smallest absolute Gasteiger partial charge is 0.271 e. The quantitative estimate of drug-likeness (QED) is 0.293. The molecule has 0 radical (unpaired) electrons. The number of methoxy groups -OCH3 is 1. The van der Waals surface area contributed by atoms with Crippen LogP contribution in [0.5, 0.6) is 17.2 Å². The Morgan fingerprint density at radius 3 is 2.66 bits per heavy atom. The van der Waals surface area contributed by atoms with Crippen LogP contribution in [0.4, 0.5) is 5.69 Å². The Balaban J connectivity index is 1.54. The number of nitrogens with one attached hydrogen (secondary N) is 1. The predicted molar refractivity (Wildman–Crippen MR) is 160 cm³/mol. The molecular weight excluding hydrogens is 608 g/mol. The maximum absolute atomic E-state index is 15.4. The second-order valence-electron chi connectivity index (χ2n) is 10.8. The van der Waals surface area contributed by atoms with Crippen molar-refractivity contribution in [3.8, 4) is 17.2 Å². The van der Waals surface area contributed by atoms with Crippen LogP contribution in [0.3, 0.4) is 0 Å². The van der Waals surface area contributed by atoms with Gasteiger partial charge in [0.05, 0.1) is 29.9 Å². The molecule has 0 bridgehead atoms. The third-order valence-electron chi connectivity index (χ3n) is 8.38. The van der Waals surface area contributed by atoms with E-state index in [1.165, 1.54) is 25.5 Å². The number of halogens is 1. The second-order valence-corrected chi connectivity index (χ2v) is 13.0. The Morgan fingerprint density at radius 2 is 1.93 bits per heavy atom. The highest BCUT2D eigenvalue weighted by Gasteiger charge is 2.63. The summed E-state index contributed by atoms with van der Waals surface area (Å²) >= 11 is 6.63. The third kappa shape index (κ3) is 4.20. The van der Waals surface area contributed by atoms with E-state index in [1.54, 1.807) is 36.5 Å². The van der Waals surface area contributed by atoms with Gasteiger partial charge in [-0.1, -0.05) is 11.6 Å². The number of amides is 1. The maximum Gasteiger partial charge on any atom is 0.271 e. The minimum atomic E-state index is -4.42. The molecule has 7 rings (SSSR count). The van der Waals surface area contributed by atoms with Crippen molar-refractivity contribution in [3.63, 3.8) is 0 Å². The van der Waals surface area contributed by atoms with E-state index in [2.05, 4.69) is 10.3 Å². The summed E-state index contributed by atoms with van der Waals surface area (Å²) < 4.78 is 52.7. The molecule has 1 fully saturated rings. The number of rotatable bonds is 8. The fourth-order valence-corrected chi connectivity index (χ4v) is 8.23. The minimum Gasteiger partial charge on any atom is -0.497 e. The summed E-state index contributed by atoms with van der Waals surface area (Å²) in [7, 11) is -1.11. The number of hydrogen-bond donors (Lipinski definition) is 1. The zero-order chi connectivity index (χ0) is 30.6. The van der Waals surface area contributed by atoms with Crippen molar-refractivity contribution in [2.75, 3.05) is 31.8 Å². The van der Waals surface area contributed by atoms with Crippen molar-refractivity contribution in [3.05, 3.63) is 94.7 Å². The van der Waals surface area contributed by atoms with E-state index in [9.17, 15) is 8.42 Å². The van der Waals surface area contributed by atoms with Gasteiger partial charge >= 0.3 is 0 Å². The van der Waals surface area contributed by atoms with Crippen molar-refractivity contribution in [2.24, 2.45) is 0 Å². The number of likely N-dealkylation sites (tertiary alicyclic amines) is 1. The van der Waals surface area contributed by atoms with Crippen molar-refractivity contribution in [2.45, 2.75) is 35.9 Å². The number of benzene rings is 3. The van der Waals surface area contributed by atoms with Gasteiger partial charge < -0.3 is 23.9 Å². The number of sulfonamides is 1. The van der Waals surface area contributed by atoms with Crippen molar-refractivity contribution in [1.29, 1.82) is 0 Å². The average molecular weight is 637 g/mol. The van der Waals surface area contributed by atoms with Crippen LogP contribution < -0.4 is 23.8 Å². The van der Waals surface area contributed by atoms with Gasteiger partial charge in [0.2, 0.25) is 12.7 Å². The molecule has 1 saturated heterocycles. The van der Waals surface area contributed by atoms with Crippen molar-refractivity contribution < 1.29 is 31.8 Å². The van der Waals surface area contributed by atoms with Crippen LogP contribution in [0.1, 0.15) is 41.5 Å². The second kappa shape index (κ2) is 10.8. The van der Waals surface area contributed by atoms with E-state index < -0.39 is 27.5 Å².